The van der Waals surface area contributed by atoms with E-state index < -0.39 is 0 Å². The molecule has 0 N–H and O–H groups in total. The van der Waals surface area contributed by atoms with Gasteiger partial charge in [-0.15, -0.1) is 11.3 Å². The SMILES string of the molecule is c1ccc(-n2c3ccccc3c3cc(-c4ccc(N(c5cccc(-c6cccc7sc8ccccc8c67)c5)c5cccc6oc7c8ccccc8ccc7c56)cc4)ccc32)cc1. The minimum Gasteiger partial charge on any atom is -0.455 e. The molecule has 290 valence electrons. The molecular weight excluding hydrogens is 773 g/mol. The lowest BCUT2D eigenvalue weighted by molar-refractivity contribution is 0.672. The molecule has 0 atom stereocenters. The summed E-state index contributed by atoms with van der Waals surface area (Å²) in [6.45, 7) is 0. The molecule has 3 heterocycles. The van der Waals surface area contributed by atoms with Crippen LogP contribution in [0.2, 0.25) is 0 Å². The van der Waals surface area contributed by atoms with Crippen molar-refractivity contribution < 1.29 is 4.42 Å². The summed E-state index contributed by atoms with van der Waals surface area (Å²) in [6, 6.07) is 79.2. The van der Waals surface area contributed by atoms with E-state index in [4.69, 9.17) is 4.42 Å². The zero-order valence-electron chi connectivity index (χ0n) is 33.5. The van der Waals surface area contributed by atoms with Gasteiger partial charge in [0.1, 0.15) is 11.2 Å². The van der Waals surface area contributed by atoms with E-state index in [9.17, 15) is 0 Å². The van der Waals surface area contributed by atoms with Crippen LogP contribution in [0.25, 0.3) is 103 Å². The van der Waals surface area contributed by atoms with Gasteiger partial charge < -0.3 is 13.9 Å². The predicted molar refractivity (Wildman–Crippen MR) is 264 cm³/mol. The van der Waals surface area contributed by atoms with Gasteiger partial charge in [-0.2, -0.15) is 0 Å². The first-order valence-electron chi connectivity index (χ1n) is 21.1. The second kappa shape index (κ2) is 13.8. The van der Waals surface area contributed by atoms with Crippen molar-refractivity contribution in [1.29, 1.82) is 0 Å². The molecule has 0 amide bonds. The van der Waals surface area contributed by atoms with Crippen molar-refractivity contribution in [2.75, 3.05) is 4.90 Å². The van der Waals surface area contributed by atoms with Gasteiger partial charge in [0.15, 0.2) is 0 Å². The van der Waals surface area contributed by atoms with Crippen LogP contribution in [0.4, 0.5) is 17.1 Å². The molecule has 13 aromatic rings. The van der Waals surface area contributed by atoms with Crippen LogP contribution >= 0.6 is 11.3 Å². The summed E-state index contributed by atoms with van der Waals surface area (Å²) in [5.41, 5.74) is 13.3. The van der Waals surface area contributed by atoms with Gasteiger partial charge in [-0.3, -0.25) is 0 Å². The summed E-state index contributed by atoms with van der Waals surface area (Å²) in [7, 11) is 0. The number of hydrogen-bond acceptors (Lipinski definition) is 3. The molecule has 3 aromatic heterocycles. The fourth-order valence-electron chi connectivity index (χ4n) is 9.79. The van der Waals surface area contributed by atoms with Crippen LogP contribution in [0.1, 0.15) is 0 Å². The molecule has 62 heavy (non-hydrogen) atoms. The van der Waals surface area contributed by atoms with Gasteiger partial charge in [0.05, 0.1) is 22.1 Å². The van der Waals surface area contributed by atoms with Gasteiger partial charge in [0.2, 0.25) is 0 Å². The number of anilines is 3. The average Bonchev–Trinajstić information content (AvgIpc) is 4.02. The first-order valence-corrected chi connectivity index (χ1v) is 21.9. The third-order valence-corrected chi connectivity index (χ3v) is 13.7. The van der Waals surface area contributed by atoms with Gasteiger partial charge in [-0.1, -0.05) is 133 Å². The Labute approximate surface area is 361 Å². The van der Waals surface area contributed by atoms with Crippen LogP contribution in [0.5, 0.6) is 0 Å². The first-order chi connectivity index (χ1) is 30.7. The molecule has 0 unspecified atom stereocenters. The number of para-hydroxylation sites is 2. The van der Waals surface area contributed by atoms with Crippen molar-refractivity contribution in [2.45, 2.75) is 0 Å². The molecule has 0 saturated carbocycles. The van der Waals surface area contributed by atoms with E-state index in [-0.39, 0.29) is 0 Å². The molecule has 10 aromatic carbocycles. The second-order valence-electron chi connectivity index (χ2n) is 16.0. The van der Waals surface area contributed by atoms with Gasteiger partial charge in [0.25, 0.3) is 0 Å². The molecule has 3 nitrogen and oxygen atoms in total. The lowest BCUT2D eigenvalue weighted by Crippen LogP contribution is -2.10. The zero-order chi connectivity index (χ0) is 40.7. The van der Waals surface area contributed by atoms with Crippen LogP contribution in [-0.4, -0.2) is 4.57 Å². The van der Waals surface area contributed by atoms with Crippen LogP contribution in [0, 0.1) is 0 Å². The Bertz CT molecular complexity index is 3870. The summed E-state index contributed by atoms with van der Waals surface area (Å²) >= 11 is 1.86. The van der Waals surface area contributed by atoms with Gasteiger partial charge in [0, 0.05) is 58.8 Å². The topological polar surface area (TPSA) is 21.3 Å². The van der Waals surface area contributed by atoms with Gasteiger partial charge in [-0.05, 0) is 113 Å². The summed E-state index contributed by atoms with van der Waals surface area (Å²) in [5.74, 6) is 0. The Morgan fingerprint density at radius 1 is 0.403 bits per heavy atom. The molecule has 0 fully saturated rings. The van der Waals surface area contributed by atoms with Gasteiger partial charge in [-0.25, -0.2) is 0 Å². The van der Waals surface area contributed by atoms with Crippen molar-refractivity contribution in [1.82, 2.24) is 4.57 Å². The highest BCUT2D eigenvalue weighted by atomic mass is 32.1. The van der Waals surface area contributed by atoms with E-state index in [0.717, 1.165) is 55.6 Å². The highest BCUT2D eigenvalue weighted by molar-refractivity contribution is 7.25. The van der Waals surface area contributed by atoms with Crippen LogP contribution < -0.4 is 4.90 Å². The molecule has 0 aliphatic heterocycles. The van der Waals surface area contributed by atoms with E-state index >= 15 is 0 Å². The van der Waals surface area contributed by atoms with E-state index in [1.54, 1.807) is 0 Å². The number of hydrogen-bond donors (Lipinski definition) is 0. The maximum atomic E-state index is 6.75. The third-order valence-electron chi connectivity index (χ3n) is 12.6. The smallest absolute Gasteiger partial charge is 0.143 e. The summed E-state index contributed by atoms with van der Waals surface area (Å²) < 4.78 is 11.7. The lowest BCUT2D eigenvalue weighted by atomic mass is 9.98. The van der Waals surface area contributed by atoms with Crippen molar-refractivity contribution in [3.63, 3.8) is 0 Å². The summed E-state index contributed by atoms with van der Waals surface area (Å²) in [5, 5.41) is 9.56. The largest absolute Gasteiger partial charge is 0.455 e. The second-order valence-corrected chi connectivity index (χ2v) is 17.1. The van der Waals surface area contributed by atoms with Crippen LogP contribution in [0.15, 0.2) is 223 Å². The number of rotatable bonds is 6. The number of furan rings is 1. The number of nitrogens with zero attached hydrogens (tertiary/aromatic N) is 2. The Balaban J connectivity index is 0.990. The maximum absolute atomic E-state index is 6.75. The first kappa shape index (κ1) is 34.9. The molecule has 0 bridgehead atoms. The normalized spacial score (nSPS) is 11.9. The minimum absolute atomic E-state index is 0.865. The lowest BCUT2D eigenvalue weighted by Gasteiger charge is -2.27. The predicted octanol–water partition coefficient (Wildman–Crippen LogP) is 17.0. The Kier molecular flexibility index (Phi) is 7.78. The molecule has 0 aliphatic rings. The van der Waals surface area contributed by atoms with E-state index in [0.29, 0.717) is 0 Å². The molecule has 0 aliphatic carbocycles. The molecule has 0 spiro atoms. The zero-order valence-corrected chi connectivity index (χ0v) is 34.3. The number of aromatic nitrogens is 1. The summed E-state index contributed by atoms with van der Waals surface area (Å²) in [4.78, 5) is 2.41. The molecule has 13 rings (SSSR count). The number of thiophene rings is 1. The highest BCUT2D eigenvalue weighted by Gasteiger charge is 2.22. The van der Waals surface area contributed by atoms with Crippen molar-refractivity contribution >= 4 is 103 Å². The van der Waals surface area contributed by atoms with Crippen molar-refractivity contribution in [3.8, 4) is 27.9 Å². The van der Waals surface area contributed by atoms with E-state index in [1.165, 1.54) is 64.1 Å². The Morgan fingerprint density at radius 3 is 2.03 bits per heavy atom. The van der Waals surface area contributed by atoms with Gasteiger partial charge >= 0.3 is 0 Å². The highest BCUT2D eigenvalue weighted by Crippen LogP contribution is 2.47. The molecule has 0 saturated heterocycles. The molecule has 0 radical (unpaired) electrons. The fourth-order valence-corrected chi connectivity index (χ4v) is 10.9. The fraction of sp³-hybridized carbons (Fsp3) is 0. The third kappa shape index (κ3) is 5.37. The average molecular weight is 809 g/mol. The number of fused-ring (bicyclic) bond motifs is 11. The van der Waals surface area contributed by atoms with Crippen LogP contribution in [0.3, 0.4) is 0 Å². The Hall–Kier alpha value is -7.92. The van der Waals surface area contributed by atoms with Crippen LogP contribution in [-0.2, 0) is 0 Å². The quantitative estimate of drug-likeness (QED) is 0.167. The summed E-state index contributed by atoms with van der Waals surface area (Å²) in [6.07, 6.45) is 0. The molecular formula is C58H36N2OS. The van der Waals surface area contributed by atoms with E-state index in [2.05, 4.69) is 228 Å². The minimum atomic E-state index is 0.865. The maximum Gasteiger partial charge on any atom is 0.143 e. The van der Waals surface area contributed by atoms with E-state index in [1.807, 2.05) is 11.3 Å². The number of benzene rings is 10. The van der Waals surface area contributed by atoms with Crippen molar-refractivity contribution in [2.24, 2.45) is 0 Å². The van der Waals surface area contributed by atoms with Crippen molar-refractivity contribution in [3.05, 3.63) is 218 Å². The molecule has 4 heteroatoms. The standard InChI is InChI=1S/C58H36N2OS/c1-2-15-41(16-3-1)60-50-22-8-6-19-46(50)49-36-39(30-34-51(49)60)37-27-31-42(32-28-37)59(52-23-12-24-53-57(52)48-33-29-38-13-4-5-18-45(38)58(48)61-53)43-17-10-14-40(35-43)44-21-11-26-55-56(44)47-20-7-9-25-54(47)62-55/h1-36H. The Morgan fingerprint density at radius 2 is 1.13 bits per heavy atom. The monoisotopic (exact) mass is 808 g/mol.